The minimum Gasteiger partial charge on any atom is -0.303 e. The van der Waals surface area contributed by atoms with Crippen LogP contribution in [0.15, 0.2) is 12.1 Å². The van der Waals surface area contributed by atoms with Crippen molar-refractivity contribution in [3.8, 4) is 0 Å². The van der Waals surface area contributed by atoms with Gasteiger partial charge in [-0.2, -0.15) is 0 Å². The van der Waals surface area contributed by atoms with Crippen molar-refractivity contribution in [1.29, 1.82) is 0 Å². The van der Waals surface area contributed by atoms with E-state index in [1.54, 1.807) is 12.1 Å². The Labute approximate surface area is 97.2 Å². The van der Waals surface area contributed by atoms with E-state index in [9.17, 15) is 9.59 Å². The molecule has 0 amide bonds. The number of fused-ring (bicyclic) bond motifs is 1. The third-order valence-corrected chi connectivity index (χ3v) is 3.35. The fraction of sp³-hybridized carbons (Fsp3) is 0.273. The first kappa shape index (κ1) is 10.7. The number of hydrogen-bond acceptors (Lipinski definition) is 2. The molecule has 0 fully saturated rings. The van der Waals surface area contributed by atoms with Crippen LogP contribution in [0.5, 0.6) is 0 Å². The summed E-state index contributed by atoms with van der Waals surface area (Å²) in [5, 5.41) is 0.838. The van der Waals surface area contributed by atoms with Gasteiger partial charge in [-0.1, -0.05) is 23.2 Å². The number of ketones is 1. The molecule has 0 spiro atoms. The quantitative estimate of drug-likeness (QED) is 0.748. The Hall–Kier alpha value is -0.860. The molecule has 0 heterocycles. The zero-order chi connectivity index (χ0) is 11.0. The van der Waals surface area contributed by atoms with Crippen molar-refractivity contribution in [2.75, 3.05) is 0 Å². The molecule has 15 heavy (non-hydrogen) atoms. The zero-order valence-corrected chi connectivity index (χ0v) is 9.31. The third-order valence-electron chi connectivity index (χ3n) is 2.63. The number of aldehydes is 1. The van der Waals surface area contributed by atoms with Crippen LogP contribution in [0.25, 0.3) is 0 Å². The van der Waals surface area contributed by atoms with Gasteiger partial charge in [0.2, 0.25) is 0 Å². The summed E-state index contributed by atoms with van der Waals surface area (Å²) >= 11 is 11.7. The Morgan fingerprint density at radius 3 is 2.67 bits per heavy atom. The summed E-state index contributed by atoms with van der Waals surface area (Å²) in [5.41, 5.74) is 1.50. The van der Waals surface area contributed by atoms with Gasteiger partial charge in [0.05, 0.1) is 10.0 Å². The molecule has 1 aliphatic carbocycles. The van der Waals surface area contributed by atoms with Crippen LogP contribution in [0.2, 0.25) is 10.0 Å². The lowest BCUT2D eigenvalue weighted by Crippen LogP contribution is -2.08. The molecule has 0 bridgehead atoms. The van der Waals surface area contributed by atoms with Gasteiger partial charge in [-0.05, 0) is 24.1 Å². The zero-order valence-electron chi connectivity index (χ0n) is 7.80. The van der Waals surface area contributed by atoms with E-state index in [4.69, 9.17) is 23.2 Å². The summed E-state index contributed by atoms with van der Waals surface area (Å²) in [4.78, 5) is 22.2. The van der Waals surface area contributed by atoms with E-state index in [0.717, 1.165) is 11.8 Å². The molecule has 78 valence electrons. The molecule has 0 radical (unpaired) electrons. The van der Waals surface area contributed by atoms with Crippen molar-refractivity contribution in [3.63, 3.8) is 0 Å². The summed E-state index contributed by atoms with van der Waals surface area (Å²) < 4.78 is 0. The van der Waals surface area contributed by atoms with Gasteiger partial charge in [0.25, 0.3) is 0 Å². The van der Waals surface area contributed by atoms with Gasteiger partial charge >= 0.3 is 0 Å². The molecule has 0 unspecified atom stereocenters. The first-order valence-electron chi connectivity index (χ1n) is 4.59. The summed E-state index contributed by atoms with van der Waals surface area (Å²) in [6, 6.07) is 3.30. The molecule has 1 atom stereocenters. The van der Waals surface area contributed by atoms with E-state index >= 15 is 0 Å². The molecule has 0 saturated heterocycles. The fourth-order valence-electron chi connectivity index (χ4n) is 1.87. The Balaban J connectivity index is 2.41. The van der Waals surface area contributed by atoms with Crippen LogP contribution in [0.4, 0.5) is 0 Å². The fourth-order valence-corrected chi connectivity index (χ4v) is 2.22. The average molecular weight is 243 g/mol. The number of carbonyl (C=O) groups excluding carboxylic acids is 2. The van der Waals surface area contributed by atoms with E-state index in [2.05, 4.69) is 0 Å². The Morgan fingerprint density at radius 1 is 1.33 bits per heavy atom. The van der Waals surface area contributed by atoms with Gasteiger partial charge in [0, 0.05) is 17.9 Å². The topological polar surface area (TPSA) is 34.1 Å². The smallest absolute Gasteiger partial charge is 0.167 e. The lowest BCUT2D eigenvalue weighted by atomic mass is 10.0. The normalized spacial score (nSPS) is 19.1. The minimum atomic E-state index is -0.230. The molecule has 0 N–H and O–H groups in total. The largest absolute Gasteiger partial charge is 0.303 e. The number of halogens is 2. The first-order chi connectivity index (χ1) is 7.13. The second-order valence-electron chi connectivity index (χ2n) is 3.59. The third kappa shape index (κ3) is 1.80. The average Bonchev–Trinajstić information content (AvgIpc) is 2.47. The van der Waals surface area contributed by atoms with Gasteiger partial charge in [0.1, 0.15) is 6.29 Å². The van der Waals surface area contributed by atoms with Crippen molar-refractivity contribution in [2.45, 2.75) is 12.8 Å². The van der Waals surface area contributed by atoms with Crippen molar-refractivity contribution in [1.82, 2.24) is 0 Å². The predicted octanol–water partition coefficient (Wildman–Crippen LogP) is 2.94. The SMILES string of the molecule is O=CC[C@@H]1Cc2cc(Cl)c(Cl)cc2C1=O. The minimum absolute atomic E-state index is 0.00401. The van der Waals surface area contributed by atoms with Crippen molar-refractivity contribution < 1.29 is 9.59 Å². The molecule has 1 aliphatic rings. The highest BCUT2D eigenvalue weighted by molar-refractivity contribution is 6.42. The number of carbonyl (C=O) groups is 2. The first-order valence-corrected chi connectivity index (χ1v) is 5.35. The number of benzene rings is 1. The van der Waals surface area contributed by atoms with Crippen molar-refractivity contribution >= 4 is 35.3 Å². The van der Waals surface area contributed by atoms with E-state index in [0.29, 0.717) is 22.0 Å². The standard InChI is InChI=1S/C11H8Cl2O2/c12-9-4-7-3-6(1-2-14)11(15)8(7)5-10(9)13/h2,4-6H,1,3H2/t6-/m1/s1. The van der Waals surface area contributed by atoms with Gasteiger partial charge in [-0.15, -0.1) is 0 Å². The highest BCUT2D eigenvalue weighted by Crippen LogP contribution is 2.34. The van der Waals surface area contributed by atoms with Crippen LogP contribution in [-0.4, -0.2) is 12.1 Å². The Bertz CT molecular complexity index is 440. The van der Waals surface area contributed by atoms with Crippen molar-refractivity contribution in [2.24, 2.45) is 5.92 Å². The van der Waals surface area contributed by atoms with Crippen LogP contribution in [0, 0.1) is 5.92 Å². The maximum Gasteiger partial charge on any atom is 0.167 e. The molecule has 0 aliphatic heterocycles. The highest BCUT2D eigenvalue weighted by atomic mass is 35.5. The van der Waals surface area contributed by atoms with E-state index in [1.807, 2.05) is 0 Å². The molecule has 4 heteroatoms. The monoisotopic (exact) mass is 242 g/mol. The number of hydrogen-bond donors (Lipinski definition) is 0. The molecule has 1 aromatic carbocycles. The molecule has 0 saturated carbocycles. The summed E-state index contributed by atoms with van der Waals surface area (Å²) in [7, 11) is 0. The van der Waals surface area contributed by atoms with Gasteiger partial charge in [0.15, 0.2) is 5.78 Å². The van der Waals surface area contributed by atoms with Crippen molar-refractivity contribution in [3.05, 3.63) is 33.3 Å². The molecular weight excluding hydrogens is 235 g/mol. The van der Waals surface area contributed by atoms with Gasteiger partial charge in [-0.3, -0.25) is 4.79 Å². The van der Waals surface area contributed by atoms with Crippen LogP contribution in [0.1, 0.15) is 22.3 Å². The molecular formula is C11H8Cl2O2. The van der Waals surface area contributed by atoms with Crippen LogP contribution >= 0.6 is 23.2 Å². The Kier molecular flexibility index (Phi) is 2.81. The molecule has 2 nitrogen and oxygen atoms in total. The summed E-state index contributed by atoms with van der Waals surface area (Å²) in [5.74, 6) is -0.234. The summed E-state index contributed by atoms with van der Waals surface area (Å²) in [6.07, 6.45) is 1.63. The molecule has 0 aromatic heterocycles. The Morgan fingerprint density at radius 2 is 2.00 bits per heavy atom. The predicted molar refractivity (Wildman–Crippen MR) is 58.7 cm³/mol. The molecule has 1 aromatic rings. The lowest BCUT2D eigenvalue weighted by Gasteiger charge is -2.00. The maximum atomic E-state index is 11.8. The number of rotatable bonds is 2. The second-order valence-corrected chi connectivity index (χ2v) is 4.41. The lowest BCUT2D eigenvalue weighted by molar-refractivity contribution is -0.108. The van der Waals surface area contributed by atoms with Crippen LogP contribution in [-0.2, 0) is 11.2 Å². The van der Waals surface area contributed by atoms with Crippen LogP contribution in [0.3, 0.4) is 0 Å². The van der Waals surface area contributed by atoms with E-state index in [-0.39, 0.29) is 18.1 Å². The molecule has 2 rings (SSSR count). The van der Waals surface area contributed by atoms with E-state index in [1.165, 1.54) is 0 Å². The van der Waals surface area contributed by atoms with Gasteiger partial charge in [-0.25, -0.2) is 0 Å². The number of Topliss-reactive ketones (excluding diaryl/α,β-unsaturated/α-hetero) is 1. The summed E-state index contributed by atoms with van der Waals surface area (Å²) in [6.45, 7) is 0. The van der Waals surface area contributed by atoms with Gasteiger partial charge < -0.3 is 4.79 Å². The maximum absolute atomic E-state index is 11.8. The highest BCUT2D eigenvalue weighted by Gasteiger charge is 2.30. The van der Waals surface area contributed by atoms with Crippen LogP contribution < -0.4 is 0 Å². The van der Waals surface area contributed by atoms with E-state index < -0.39 is 0 Å². The second kappa shape index (κ2) is 3.95.